The van der Waals surface area contributed by atoms with E-state index in [9.17, 15) is 0 Å². The van der Waals surface area contributed by atoms with E-state index in [2.05, 4.69) is 24.6 Å². The van der Waals surface area contributed by atoms with Crippen LogP contribution in [0.1, 0.15) is 84.0 Å². The minimum Gasteiger partial charge on any atom is -0.317 e. The largest absolute Gasteiger partial charge is 0.317 e. The van der Waals surface area contributed by atoms with Gasteiger partial charge in [-0.1, -0.05) is 58.3 Å². The van der Waals surface area contributed by atoms with E-state index < -0.39 is 0 Å². The first-order valence-electron chi connectivity index (χ1n) is 8.72. The third kappa shape index (κ3) is 7.31. The highest BCUT2D eigenvalue weighted by Gasteiger charge is 2.29. The molecule has 0 unspecified atom stereocenters. The molecule has 0 radical (unpaired) electrons. The minimum atomic E-state index is 0.451. The molecule has 0 heterocycles. The lowest BCUT2D eigenvalue weighted by atomic mass is 9.79. The molecular weight excluding hydrogens is 232 g/mol. The zero-order valence-electron chi connectivity index (χ0n) is 13.4. The number of nitrogens with one attached hydrogen (secondary N) is 2. The Balaban J connectivity index is 1.94. The van der Waals surface area contributed by atoms with E-state index in [0.717, 1.165) is 0 Å². The molecule has 0 bridgehead atoms. The lowest BCUT2D eigenvalue weighted by Crippen LogP contribution is -2.46. The first-order chi connectivity index (χ1) is 9.33. The molecule has 1 fully saturated rings. The van der Waals surface area contributed by atoms with Gasteiger partial charge in [0.2, 0.25) is 0 Å². The number of unbranched alkanes of at least 4 members (excludes halogenated alkanes) is 5. The van der Waals surface area contributed by atoms with Gasteiger partial charge in [0, 0.05) is 5.54 Å². The van der Waals surface area contributed by atoms with E-state index in [4.69, 9.17) is 0 Å². The molecule has 114 valence electrons. The van der Waals surface area contributed by atoms with Crippen molar-refractivity contribution >= 4 is 0 Å². The van der Waals surface area contributed by atoms with Crippen LogP contribution in [0.5, 0.6) is 0 Å². The van der Waals surface area contributed by atoms with Crippen molar-refractivity contribution in [1.82, 2.24) is 10.6 Å². The summed E-state index contributed by atoms with van der Waals surface area (Å²) < 4.78 is 0. The Morgan fingerprint density at radius 2 is 1.53 bits per heavy atom. The van der Waals surface area contributed by atoms with Crippen LogP contribution >= 0.6 is 0 Å². The van der Waals surface area contributed by atoms with E-state index in [0.29, 0.717) is 5.54 Å². The molecule has 1 saturated carbocycles. The first kappa shape index (κ1) is 17.0. The van der Waals surface area contributed by atoms with Crippen molar-refractivity contribution in [2.24, 2.45) is 0 Å². The first-order valence-corrected chi connectivity index (χ1v) is 8.72. The number of hydrogen-bond acceptors (Lipinski definition) is 2. The molecule has 0 aromatic carbocycles. The van der Waals surface area contributed by atoms with Gasteiger partial charge < -0.3 is 10.6 Å². The lowest BCUT2D eigenvalue weighted by molar-refractivity contribution is 0.228. The smallest absolute Gasteiger partial charge is 0.0190 e. The predicted molar refractivity (Wildman–Crippen MR) is 85.7 cm³/mol. The fourth-order valence-corrected chi connectivity index (χ4v) is 3.34. The summed E-state index contributed by atoms with van der Waals surface area (Å²) in [6.07, 6.45) is 16.7. The lowest BCUT2D eigenvalue weighted by Gasteiger charge is -2.37. The third-order valence-corrected chi connectivity index (χ3v) is 4.83. The summed E-state index contributed by atoms with van der Waals surface area (Å²) in [5, 5.41) is 7.25. The molecule has 0 aromatic rings. The molecule has 2 N–H and O–H groups in total. The normalized spacial score (nSPS) is 18.6. The van der Waals surface area contributed by atoms with Crippen LogP contribution < -0.4 is 10.6 Å². The Morgan fingerprint density at radius 3 is 2.21 bits per heavy atom. The molecule has 19 heavy (non-hydrogen) atoms. The highest BCUT2D eigenvalue weighted by atomic mass is 15.0. The molecule has 0 saturated heterocycles. The van der Waals surface area contributed by atoms with Crippen LogP contribution in [-0.2, 0) is 0 Å². The average molecular weight is 268 g/mol. The van der Waals surface area contributed by atoms with Gasteiger partial charge in [0.05, 0.1) is 0 Å². The van der Waals surface area contributed by atoms with Gasteiger partial charge in [0.15, 0.2) is 0 Å². The molecule has 0 amide bonds. The fraction of sp³-hybridized carbons (Fsp3) is 1.00. The van der Waals surface area contributed by atoms with E-state index >= 15 is 0 Å². The molecule has 1 aliphatic carbocycles. The Kier molecular flexibility index (Phi) is 9.54. The monoisotopic (exact) mass is 268 g/mol. The fourth-order valence-electron chi connectivity index (χ4n) is 3.34. The third-order valence-electron chi connectivity index (χ3n) is 4.83. The van der Waals surface area contributed by atoms with Crippen LogP contribution in [-0.4, -0.2) is 25.7 Å². The molecule has 0 atom stereocenters. The highest BCUT2D eigenvalue weighted by molar-refractivity contribution is 4.89. The van der Waals surface area contributed by atoms with Crippen LogP contribution in [0.4, 0.5) is 0 Å². The molecule has 1 aliphatic rings. The van der Waals surface area contributed by atoms with E-state index in [1.54, 1.807) is 0 Å². The second-order valence-electron chi connectivity index (χ2n) is 6.36. The van der Waals surface area contributed by atoms with Crippen molar-refractivity contribution < 1.29 is 0 Å². The van der Waals surface area contributed by atoms with Gasteiger partial charge in [-0.3, -0.25) is 0 Å². The van der Waals surface area contributed by atoms with Gasteiger partial charge in [0.1, 0.15) is 0 Å². The number of hydrogen-bond donors (Lipinski definition) is 2. The van der Waals surface area contributed by atoms with Crippen molar-refractivity contribution in [3.8, 4) is 0 Å². The van der Waals surface area contributed by atoms with E-state index in [1.807, 2.05) is 0 Å². The van der Waals surface area contributed by atoms with E-state index in [1.165, 1.54) is 90.1 Å². The van der Waals surface area contributed by atoms with Crippen LogP contribution in [0.2, 0.25) is 0 Å². The summed E-state index contributed by atoms with van der Waals surface area (Å²) in [5.41, 5.74) is 0.451. The predicted octanol–water partition coefficient (Wildman–Crippen LogP) is 4.25. The van der Waals surface area contributed by atoms with Crippen molar-refractivity contribution in [3.63, 3.8) is 0 Å². The maximum Gasteiger partial charge on any atom is 0.0190 e. The van der Waals surface area contributed by atoms with Crippen LogP contribution in [0, 0.1) is 0 Å². The maximum absolute atomic E-state index is 3.64. The molecule has 0 aromatic heterocycles. The van der Waals surface area contributed by atoms with Gasteiger partial charge in [-0.25, -0.2) is 0 Å². The van der Waals surface area contributed by atoms with Gasteiger partial charge >= 0.3 is 0 Å². The van der Waals surface area contributed by atoms with Gasteiger partial charge in [0.25, 0.3) is 0 Å². The summed E-state index contributed by atoms with van der Waals surface area (Å²) in [6, 6.07) is 0. The van der Waals surface area contributed by atoms with Crippen molar-refractivity contribution in [1.29, 1.82) is 0 Å². The molecule has 0 spiro atoms. The molecule has 2 nitrogen and oxygen atoms in total. The van der Waals surface area contributed by atoms with Gasteiger partial charge in [-0.15, -0.1) is 0 Å². The Bertz CT molecular complexity index is 197. The minimum absolute atomic E-state index is 0.451. The maximum atomic E-state index is 3.64. The highest BCUT2D eigenvalue weighted by Crippen LogP contribution is 2.30. The topological polar surface area (TPSA) is 24.1 Å². The van der Waals surface area contributed by atoms with Crippen LogP contribution in [0.3, 0.4) is 0 Å². The van der Waals surface area contributed by atoms with Crippen molar-refractivity contribution in [2.45, 2.75) is 89.5 Å². The SMILES string of the molecule is CCCCCCCCNCCC1(NC)CCCCC1. The van der Waals surface area contributed by atoms with Crippen LogP contribution in [0.15, 0.2) is 0 Å². The standard InChI is InChI=1S/C17H36N2/c1-3-4-5-6-7-11-15-19-16-14-17(18-2)12-9-8-10-13-17/h18-19H,3-16H2,1-2H3. The molecule has 0 aliphatic heterocycles. The summed E-state index contributed by atoms with van der Waals surface area (Å²) >= 11 is 0. The zero-order valence-corrected chi connectivity index (χ0v) is 13.4. The zero-order chi connectivity index (χ0) is 13.8. The molecular formula is C17H36N2. The molecule has 1 rings (SSSR count). The number of rotatable bonds is 11. The summed E-state index contributed by atoms with van der Waals surface area (Å²) in [6.45, 7) is 4.69. The van der Waals surface area contributed by atoms with Crippen molar-refractivity contribution in [2.75, 3.05) is 20.1 Å². The Hall–Kier alpha value is -0.0800. The summed E-state index contributed by atoms with van der Waals surface area (Å²) in [5.74, 6) is 0. The quantitative estimate of drug-likeness (QED) is 0.547. The second kappa shape index (κ2) is 10.7. The van der Waals surface area contributed by atoms with Crippen LogP contribution in [0.25, 0.3) is 0 Å². The van der Waals surface area contributed by atoms with Crippen molar-refractivity contribution in [3.05, 3.63) is 0 Å². The van der Waals surface area contributed by atoms with Gasteiger partial charge in [-0.2, -0.15) is 0 Å². The molecule has 2 heteroatoms. The Labute approximate surface area is 121 Å². The Morgan fingerprint density at radius 1 is 0.842 bits per heavy atom. The second-order valence-corrected chi connectivity index (χ2v) is 6.36. The van der Waals surface area contributed by atoms with Gasteiger partial charge in [-0.05, 0) is 45.8 Å². The average Bonchev–Trinajstić information content (AvgIpc) is 2.46. The summed E-state index contributed by atoms with van der Waals surface area (Å²) in [4.78, 5) is 0. The van der Waals surface area contributed by atoms with E-state index in [-0.39, 0.29) is 0 Å². The summed E-state index contributed by atoms with van der Waals surface area (Å²) in [7, 11) is 2.15.